The van der Waals surface area contributed by atoms with Crippen molar-refractivity contribution in [2.24, 2.45) is 0 Å². The molecule has 2 aromatic heterocycles. The van der Waals surface area contributed by atoms with Crippen LogP contribution in [0.2, 0.25) is 0 Å². The number of rotatable bonds is 2. The molecule has 0 amide bonds. The number of aromatic nitrogens is 4. The lowest BCUT2D eigenvalue weighted by molar-refractivity contribution is 0.311. The first-order valence-corrected chi connectivity index (χ1v) is 8.63. The molecule has 4 rings (SSSR count). The molecule has 0 atom stereocenters. The van der Waals surface area contributed by atoms with Gasteiger partial charge in [-0.05, 0) is 26.0 Å². The molecule has 8 heteroatoms. The van der Waals surface area contributed by atoms with Gasteiger partial charge in [-0.3, -0.25) is 4.98 Å². The quantitative estimate of drug-likeness (QED) is 0.712. The fourth-order valence-electron chi connectivity index (χ4n) is 3.18. The molecule has 1 aliphatic rings. The SMILES string of the molecule is Cc1cnc(C)c(-c2cc(O)c3c(c2)CN(c2cc(N)ncn2)CCO3)n1. The van der Waals surface area contributed by atoms with Crippen molar-refractivity contribution in [2.45, 2.75) is 20.4 Å². The molecule has 8 nitrogen and oxygen atoms in total. The largest absolute Gasteiger partial charge is 0.504 e. The maximum Gasteiger partial charge on any atom is 0.166 e. The predicted octanol–water partition coefficient (Wildman–Crippen LogP) is 2.24. The Hall–Kier alpha value is -3.42. The van der Waals surface area contributed by atoms with Crippen LogP contribution in [0.15, 0.2) is 30.7 Å². The second-order valence-electron chi connectivity index (χ2n) is 6.50. The molecule has 0 radical (unpaired) electrons. The molecule has 3 N–H and O–H groups in total. The van der Waals surface area contributed by atoms with Crippen LogP contribution in [-0.2, 0) is 6.54 Å². The molecule has 1 aliphatic heterocycles. The van der Waals surface area contributed by atoms with E-state index in [9.17, 15) is 5.11 Å². The summed E-state index contributed by atoms with van der Waals surface area (Å²) in [5.41, 5.74) is 9.80. The number of phenols is 1. The van der Waals surface area contributed by atoms with Gasteiger partial charge in [-0.1, -0.05) is 0 Å². The molecular formula is C19H20N6O2. The average Bonchev–Trinajstić information content (AvgIpc) is 2.86. The third-order valence-corrected chi connectivity index (χ3v) is 4.46. The van der Waals surface area contributed by atoms with Gasteiger partial charge in [-0.15, -0.1) is 0 Å². The Morgan fingerprint density at radius 3 is 2.81 bits per heavy atom. The maximum absolute atomic E-state index is 10.5. The van der Waals surface area contributed by atoms with E-state index in [1.54, 1.807) is 18.3 Å². The number of aromatic hydroxyl groups is 1. The first-order chi connectivity index (χ1) is 13.0. The summed E-state index contributed by atoms with van der Waals surface area (Å²) >= 11 is 0. The van der Waals surface area contributed by atoms with Gasteiger partial charge in [0.25, 0.3) is 0 Å². The summed E-state index contributed by atoms with van der Waals surface area (Å²) in [6, 6.07) is 5.38. The van der Waals surface area contributed by atoms with Crippen LogP contribution in [0.3, 0.4) is 0 Å². The number of nitrogen functional groups attached to an aromatic ring is 1. The van der Waals surface area contributed by atoms with Crippen LogP contribution in [-0.4, -0.2) is 38.2 Å². The summed E-state index contributed by atoms with van der Waals surface area (Å²) < 4.78 is 5.80. The fourth-order valence-corrected chi connectivity index (χ4v) is 3.18. The zero-order valence-electron chi connectivity index (χ0n) is 15.2. The zero-order valence-corrected chi connectivity index (χ0v) is 15.2. The lowest BCUT2D eigenvalue weighted by Gasteiger charge is -2.21. The molecule has 3 aromatic rings. The van der Waals surface area contributed by atoms with Crippen LogP contribution in [0.5, 0.6) is 11.5 Å². The summed E-state index contributed by atoms with van der Waals surface area (Å²) in [6.45, 7) is 5.35. The molecule has 3 heterocycles. The topological polar surface area (TPSA) is 110 Å². The van der Waals surface area contributed by atoms with Crippen LogP contribution >= 0.6 is 0 Å². The van der Waals surface area contributed by atoms with Crippen molar-refractivity contribution in [3.05, 3.63) is 47.7 Å². The Balaban J connectivity index is 1.77. The number of nitrogens with zero attached hydrogens (tertiary/aromatic N) is 5. The Bertz CT molecular complexity index is 1010. The highest BCUT2D eigenvalue weighted by atomic mass is 16.5. The number of fused-ring (bicyclic) bond motifs is 1. The van der Waals surface area contributed by atoms with E-state index in [1.165, 1.54) is 6.33 Å². The number of hydrogen-bond donors (Lipinski definition) is 2. The van der Waals surface area contributed by atoms with E-state index in [0.29, 0.717) is 31.3 Å². The van der Waals surface area contributed by atoms with E-state index >= 15 is 0 Å². The molecule has 0 fully saturated rings. The summed E-state index contributed by atoms with van der Waals surface area (Å²) in [5, 5.41) is 10.5. The van der Waals surface area contributed by atoms with Gasteiger partial charge in [0.05, 0.1) is 23.6 Å². The second-order valence-corrected chi connectivity index (χ2v) is 6.50. The highest BCUT2D eigenvalue weighted by Crippen LogP contribution is 2.38. The van der Waals surface area contributed by atoms with Crippen molar-refractivity contribution in [1.82, 2.24) is 19.9 Å². The molecule has 0 saturated carbocycles. The van der Waals surface area contributed by atoms with Crippen LogP contribution in [0.25, 0.3) is 11.3 Å². The van der Waals surface area contributed by atoms with Gasteiger partial charge >= 0.3 is 0 Å². The Morgan fingerprint density at radius 2 is 2.00 bits per heavy atom. The van der Waals surface area contributed by atoms with Gasteiger partial charge in [0.1, 0.15) is 24.6 Å². The number of ether oxygens (including phenoxy) is 1. The first-order valence-electron chi connectivity index (χ1n) is 8.63. The lowest BCUT2D eigenvalue weighted by Crippen LogP contribution is -2.26. The first kappa shape index (κ1) is 17.0. The minimum absolute atomic E-state index is 0.0919. The van der Waals surface area contributed by atoms with Gasteiger partial charge in [-0.25, -0.2) is 15.0 Å². The van der Waals surface area contributed by atoms with Gasteiger partial charge < -0.3 is 20.5 Å². The molecule has 0 spiro atoms. The summed E-state index contributed by atoms with van der Waals surface area (Å²) in [4.78, 5) is 19.2. The van der Waals surface area contributed by atoms with E-state index < -0.39 is 0 Å². The molecule has 0 aliphatic carbocycles. The number of hydrogen-bond acceptors (Lipinski definition) is 8. The molecule has 0 unspecified atom stereocenters. The molecule has 0 bridgehead atoms. The number of benzene rings is 1. The minimum atomic E-state index is 0.0919. The van der Waals surface area contributed by atoms with Gasteiger partial charge in [-0.2, -0.15) is 0 Å². The monoisotopic (exact) mass is 364 g/mol. The van der Waals surface area contributed by atoms with E-state index in [2.05, 4.69) is 19.9 Å². The zero-order chi connectivity index (χ0) is 19.0. The third-order valence-electron chi connectivity index (χ3n) is 4.46. The Morgan fingerprint density at radius 1 is 1.15 bits per heavy atom. The van der Waals surface area contributed by atoms with Crippen molar-refractivity contribution < 1.29 is 9.84 Å². The lowest BCUT2D eigenvalue weighted by atomic mass is 10.0. The van der Waals surface area contributed by atoms with E-state index in [-0.39, 0.29) is 5.75 Å². The van der Waals surface area contributed by atoms with Crippen molar-refractivity contribution in [3.8, 4) is 22.8 Å². The molecule has 0 saturated heterocycles. The van der Waals surface area contributed by atoms with Crippen molar-refractivity contribution >= 4 is 11.6 Å². The van der Waals surface area contributed by atoms with E-state index in [0.717, 1.165) is 34.0 Å². The van der Waals surface area contributed by atoms with Crippen molar-refractivity contribution in [1.29, 1.82) is 0 Å². The van der Waals surface area contributed by atoms with Crippen LogP contribution in [0.1, 0.15) is 17.0 Å². The van der Waals surface area contributed by atoms with E-state index in [1.807, 2.05) is 24.8 Å². The summed E-state index contributed by atoms with van der Waals surface area (Å²) in [7, 11) is 0. The van der Waals surface area contributed by atoms with Crippen molar-refractivity contribution in [3.63, 3.8) is 0 Å². The molecule has 1 aromatic carbocycles. The third kappa shape index (κ3) is 3.33. The molecular weight excluding hydrogens is 344 g/mol. The Labute approximate surface area is 156 Å². The molecule has 138 valence electrons. The summed E-state index contributed by atoms with van der Waals surface area (Å²) in [6.07, 6.45) is 3.17. The van der Waals surface area contributed by atoms with Gasteiger partial charge in [0.15, 0.2) is 11.5 Å². The fraction of sp³-hybridized carbons (Fsp3) is 0.263. The number of phenolic OH excluding ortho intramolecular Hbond substituents is 1. The van der Waals surface area contributed by atoms with Crippen LogP contribution in [0.4, 0.5) is 11.6 Å². The van der Waals surface area contributed by atoms with E-state index in [4.69, 9.17) is 10.5 Å². The van der Waals surface area contributed by atoms with Crippen molar-refractivity contribution in [2.75, 3.05) is 23.8 Å². The maximum atomic E-state index is 10.5. The number of aryl methyl sites for hydroxylation is 2. The number of anilines is 2. The van der Waals surface area contributed by atoms with Crippen LogP contribution < -0.4 is 15.4 Å². The normalized spacial score (nSPS) is 13.6. The Kier molecular flexibility index (Phi) is 4.23. The highest BCUT2D eigenvalue weighted by Gasteiger charge is 2.22. The average molecular weight is 364 g/mol. The van der Waals surface area contributed by atoms with Gasteiger partial charge in [0, 0.05) is 29.9 Å². The highest BCUT2D eigenvalue weighted by molar-refractivity contribution is 5.68. The van der Waals surface area contributed by atoms with Gasteiger partial charge in [0.2, 0.25) is 0 Å². The molecule has 27 heavy (non-hydrogen) atoms. The predicted molar refractivity (Wildman–Crippen MR) is 102 cm³/mol. The standard InChI is InChI=1S/C19H20N6O2/c1-11-8-21-12(2)18(24-11)13-5-14-9-25(17-7-16(20)22-10-23-17)3-4-27-19(14)15(26)6-13/h5-8,10,26H,3-4,9H2,1-2H3,(H2,20,22,23). The second kappa shape index (κ2) is 6.71. The minimum Gasteiger partial charge on any atom is -0.504 e. The summed E-state index contributed by atoms with van der Waals surface area (Å²) in [5.74, 6) is 1.71. The van der Waals surface area contributed by atoms with Crippen LogP contribution in [0, 0.1) is 13.8 Å². The smallest absolute Gasteiger partial charge is 0.166 e. The number of nitrogens with two attached hydrogens (primary N) is 1.